The molecule has 0 bridgehead atoms. The Balaban J connectivity index is 2.35. The molecular weight excluding hydrogens is 306 g/mol. The van der Waals surface area contributed by atoms with Gasteiger partial charge in [-0.15, -0.1) is 0 Å². The fraction of sp³-hybridized carbons (Fsp3) is 0.333. The molecule has 124 valence electrons. The van der Waals surface area contributed by atoms with Crippen molar-refractivity contribution in [3.63, 3.8) is 0 Å². The smallest absolute Gasteiger partial charge is 0.251 e. The number of hydrogen-bond donors (Lipinski definition) is 1. The molecule has 0 amide bonds. The Morgan fingerprint density at radius 1 is 1.08 bits per heavy atom. The minimum Gasteiger partial charge on any atom is -0.487 e. The van der Waals surface area contributed by atoms with E-state index in [-0.39, 0.29) is 17.2 Å². The molecule has 4 rings (SSSR count). The van der Waals surface area contributed by atoms with Gasteiger partial charge in [0.1, 0.15) is 6.61 Å². The molecule has 0 saturated heterocycles. The number of rotatable bonds is 1. The summed E-state index contributed by atoms with van der Waals surface area (Å²) < 4.78 is 9.31. The second-order valence-corrected chi connectivity index (χ2v) is 6.46. The summed E-state index contributed by atoms with van der Waals surface area (Å²) in [4.78, 5) is 24.8. The number of aryl methyl sites for hydroxylation is 3. The van der Waals surface area contributed by atoms with Crippen molar-refractivity contribution in [1.29, 1.82) is 0 Å². The van der Waals surface area contributed by atoms with Crippen LogP contribution in [0.25, 0.3) is 21.8 Å². The zero-order valence-corrected chi connectivity index (χ0v) is 13.9. The number of fused-ring (bicyclic) bond motifs is 2. The second kappa shape index (κ2) is 4.95. The first kappa shape index (κ1) is 15.0. The third kappa shape index (κ3) is 1.80. The Bertz CT molecular complexity index is 1120. The molecule has 0 radical (unpaired) electrons. The van der Waals surface area contributed by atoms with E-state index in [1.807, 2.05) is 19.9 Å². The van der Waals surface area contributed by atoms with E-state index in [1.165, 1.54) is 0 Å². The second-order valence-electron chi connectivity index (χ2n) is 6.46. The van der Waals surface area contributed by atoms with Crippen LogP contribution in [-0.2, 0) is 7.05 Å². The van der Waals surface area contributed by atoms with Crippen molar-refractivity contribution >= 4 is 21.8 Å². The summed E-state index contributed by atoms with van der Waals surface area (Å²) in [5.74, 6) is 0.594. The zero-order valence-electron chi connectivity index (χ0n) is 13.9. The molecule has 2 N–H and O–H groups in total. The van der Waals surface area contributed by atoms with Gasteiger partial charge in [0.05, 0.1) is 17.1 Å². The number of aromatic nitrogens is 2. The fourth-order valence-corrected chi connectivity index (χ4v) is 3.65. The van der Waals surface area contributed by atoms with E-state index < -0.39 is 0 Å². The topological polar surface area (TPSA) is 79.2 Å². The highest BCUT2D eigenvalue weighted by molar-refractivity contribution is 6.04. The quantitative estimate of drug-likeness (QED) is 0.685. The van der Waals surface area contributed by atoms with E-state index in [9.17, 15) is 9.59 Å². The van der Waals surface area contributed by atoms with Crippen molar-refractivity contribution in [1.82, 2.24) is 9.13 Å². The first-order valence-corrected chi connectivity index (χ1v) is 7.96. The summed E-state index contributed by atoms with van der Waals surface area (Å²) in [5.41, 5.74) is 8.90. The van der Waals surface area contributed by atoms with Gasteiger partial charge in [-0.05, 0) is 31.0 Å². The molecule has 1 aliphatic rings. The number of hydrogen-bond acceptors (Lipinski definition) is 4. The van der Waals surface area contributed by atoms with Gasteiger partial charge in [0.2, 0.25) is 0 Å². The number of pyridine rings is 2. The van der Waals surface area contributed by atoms with Crippen LogP contribution in [0, 0.1) is 13.8 Å². The lowest BCUT2D eigenvalue weighted by Gasteiger charge is -2.29. The van der Waals surface area contributed by atoms with Gasteiger partial charge in [-0.1, -0.05) is 0 Å². The maximum atomic E-state index is 12.6. The van der Waals surface area contributed by atoms with Crippen LogP contribution in [0.4, 0.5) is 0 Å². The highest BCUT2D eigenvalue weighted by Crippen LogP contribution is 2.39. The first-order chi connectivity index (χ1) is 11.4. The van der Waals surface area contributed by atoms with Crippen LogP contribution in [0.3, 0.4) is 0 Å². The monoisotopic (exact) mass is 325 g/mol. The van der Waals surface area contributed by atoms with E-state index in [2.05, 4.69) is 0 Å². The third-order valence-electron chi connectivity index (χ3n) is 4.96. The van der Waals surface area contributed by atoms with Gasteiger partial charge in [-0.2, -0.15) is 0 Å². The van der Waals surface area contributed by atoms with Crippen molar-refractivity contribution in [3.05, 3.63) is 50.0 Å². The van der Waals surface area contributed by atoms with Crippen LogP contribution < -0.4 is 21.6 Å². The molecule has 2 aromatic heterocycles. The summed E-state index contributed by atoms with van der Waals surface area (Å²) in [6.45, 7) is 4.48. The molecule has 0 aliphatic carbocycles. The lowest BCUT2D eigenvalue weighted by molar-refractivity contribution is 0.239. The number of nitrogens with zero attached hydrogens (tertiary/aromatic N) is 2. The molecule has 3 aromatic rings. The van der Waals surface area contributed by atoms with E-state index in [4.69, 9.17) is 10.5 Å². The summed E-state index contributed by atoms with van der Waals surface area (Å²) >= 11 is 0. The maximum Gasteiger partial charge on any atom is 0.251 e. The Morgan fingerprint density at radius 3 is 2.38 bits per heavy atom. The average Bonchev–Trinajstić information content (AvgIpc) is 2.56. The predicted molar refractivity (Wildman–Crippen MR) is 94.0 cm³/mol. The van der Waals surface area contributed by atoms with E-state index in [0.29, 0.717) is 18.9 Å². The van der Waals surface area contributed by atoms with Gasteiger partial charge in [-0.3, -0.25) is 14.2 Å². The molecule has 1 unspecified atom stereocenters. The summed E-state index contributed by atoms with van der Waals surface area (Å²) in [5, 5.41) is 1.91. The van der Waals surface area contributed by atoms with Gasteiger partial charge >= 0.3 is 0 Å². The molecule has 6 nitrogen and oxygen atoms in total. The lowest BCUT2D eigenvalue weighted by atomic mass is 10.0. The summed E-state index contributed by atoms with van der Waals surface area (Å²) in [6, 6.07) is 5.10. The van der Waals surface area contributed by atoms with Gasteiger partial charge in [0.15, 0.2) is 5.75 Å². The van der Waals surface area contributed by atoms with Gasteiger partial charge in [-0.25, -0.2) is 0 Å². The maximum absolute atomic E-state index is 12.6. The van der Waals surface area contributed by atoms with Crippen molar-refractivity contribution in [3.8, 4) is 5.75 Å². The molecule has 0 spiro atoms. The largest absolute Gasteiger partial charge is 0.487 e. The molecule has 0 saturated carbocycles. The minimum absolute atomic E-state index is 0.0861. The molecule has 24 heavy (non-hydrogen) atoms. The molecule has 1 atom stereocenters. The van der Waals surface area contributed by atoms with Crippen molar-refractivity contribution in [2.75, 3.05) is 13.2 Å². The first-order valence-electron chi connectivity index (χ1n) is 7.96. The normalized spacial score (nSPS) is 16.6. The number of ether oxygens (including phenoxy) is 1. The van der Waals surface area contributed by atoms with Crippen molar-refractivity contribution < 1.29 is 4.74 Å². The van der Waals surface area contributed by atoms with Crippen LogP contribution in [0.5, 0.6) is 5.75 Å². The Labute approximate surface area is 138 Å². The molecule has 3 heterocycles. The number of benzene rings is 1. The lowest BCUT2D eigenvalue weighted by Crippen LogP contribution is -2.36. The van der Waals surface area contributed by atoms with Gasteiger partial charge < -0.3 is 15.0 Å². The highest BCUT2D eigenvalue weighted by Gasteiger charge is 2.27. The van der Waals surface area contributed by atoms with Gasteiger partial charge in [0, 0.05) is 36.5 Å². The molecule has 1 aliphatic heterocycles. The minimum atomic E-state index is -0.201. The van der Waals surface area contributed by atoms with Crippen LogP contribution in [0.15, 0.2) is 27.8 Å². The SMILES string of the molecule is Cc1cc(=O)n(C)c2c3c4c(cc12)c(C)cc(=O)n4C(CN)CO3. The van der Waals surface area contributed by atoms with Gasteiger partial charge in [0.25, 0.3) is 11.1 Å². The summed E-state index contributed by atoms with van der Waals surface area (Å²) in [7, 11) is 1.73. The predicted octanol–water partition coefficient (Wildman–Crippen LogP) is 1.36. The Hall–Kier alpha value is -2.60. The van der Waals surface area contributed by atoms with Crippen LogP contribution in [0.1, 0.15) is 17.2 Å². The molecule has 0 fully saturated rings. The molecular formula is C18H19N3O3. The Kier molecular flexibility index (Phi) is 3.08. The third-order valence-corrected chi connectivity index (χ3v) is 4.96. The van der Waals surface area contributed by atoms with Crippen LogP contribution in [0.2, 0.25) is 0 Å². The van der Waals surface area contributed by atoms with Crippen molar-refractivity contribution in [2.45, 2.75) is 19.9 Å². The van der Waals surface area contributed by atoms with E-state index >= 15 is 0 Å². The summed E-state index contributed by atoms with van der Waals surface area (Å²) in [6.07, 6.45) is 0. The zero-order chi connectivity index (χ0) is 17.2. The Morgan fingerprint density at radius 2 is 1.71 bits per heavy atom. The molecule has 6 heteroatoms. The van der Waals surface area contributed by atoms with E-state index in [0.717, 1.165) is 32.9 Å². The number of nitrogens with two attached hydrogens (primary N) is 1. The van der Waals surface area contributed by atoms with E-state index in [1.54, 1.807) is 28.3 Å². The fourth-order valence-electron chi connectivity index (χ4n) is 3.65. The standard InChI is InChI=1S/C18H19N3O3/c1-9-4-14(22)20(3)16-12(9)6-13-10(2)5-15(23)21-11(7-19)8-24-18(16)17(13)21/h4-6,11H,7-8,19H2,1-3H3. The molecule has 1 aromatic carbocycles. The van der Waals surface area contributed by atoms with Crippen molar-refractivity contribution in [2.24, 2.45) is 12.8 Å². The highest BCUT2D eigenvalue weighted by atomic mass is 16.5. The van der Waals surface area contributed by atoms with Crippen LogP contribution in [-0.4, -0.2) is 22.3 Å². The average molecular weight is 325 g/mol. The van der Waals surface area contributed by atoms with Crippen LogP contribution >= 0.6 is 0 Å².